The molecule has 3 heteroatoms. The third-order valence-corrected chi connectivity index (χ3v) is 5.69. The largest absolute Gasteiger partial charge is 0.393 e. The molecule has 0 radical (unpaired) electrons. The van der Waals surface area contributed by atoms with Crippen LogP contribution in [0.4, 0.5) is 0 Å². The number of benzene rings is 2. The van der Waals surface area contributed by atoms with Crippen LogP contribution in [0.25, 0.3) is 0 Å². The number of hydrogen-bond acceptors (Lipinski definition) is 3. The summed E-state index contributed by atoms with van der Waals surface area (Å²) in [5, 5.41) is 9.98. The highest BCUT2D eigenvalue weighted by Gasteiger charge is 2.34. The molecule has 1 aliphatic rings. The summed E-state index contributed by atoms with van der Waals surface area (Å²) in [7, 11) is 4.23. The Balaban J connectivity index is 1.82. The van der Waals surface area contributed by atoms with Gasteiger partial charge in [0.1, 0.15) is 0 Å². The van der Waals surface area contributed by atoms with Gasteiger partial charge in [0.05, 0.1) is 18.8 Å². The van der Waals surface area contributed by atoms with Crippen LogP contribution in [0.1, 0.15) is 42.7 Å². The summed E-state index contributed by atoms with van der Waals surface area (Å²) >= 11 is 0. The van der Waals surface area contributed by atoms with Gasteiger partial charge in [-0.25, -0.2) is 0 Å². The lowest BCUT2D eigenvalue weighted by molar-refractivity contribution is -0.0166. The standard InChI is InChI=1S/C24H33NO2/c1-25(2)17-23(27-18-19-9-5-3-6-10-19)24(20-11-7-4-8-12-20)21-13-15-22(26)16-14-21/h3-12,21-24,26H,13-18H2,1-2H3. The fourth-order valence-electron chi connectivity index (χ4n) is 4.33. The Kier molecular flexibility index (Phi) is 7.45. The van der Waals surface area contributed by atoms with E-state index in [2.05, 4.69) is 73.6 Å². The van der Waals surface area contributed by atoms with Gasteiger partial charge >= 0.3 is 0 Å². The fraction of sp³-hybridized carbons (Fsp3) is 0.500. The first-order valence-electron chi connectivity index (χ1n) is 10.2. The zero-order valence-electron chi connectivity index (χ0n) is 16.6. The van der Waals surface area contributed by atoms with Gasteiger partial charge in [0.2, 0.25) is 0 Å². The number of ether oxygens (including phenoxy) is 1. The van der Waals surface area contributed by atoms with Crippen LogP contribution in [0.2, 0.25) is 0 Å². The highest BCUT2D eigenvalue weighted by molar-refractivity contribution is 5.22. The molecule has 2 atom stereocenters. The molecule has 0 heterocycles. The summed E-state index contributed by atoms with van der Waals surface area (Å²) in [4.78, 5) is 2.23. The molecule has 1 saturated carbocycles. The maximum absolute atomic E-state index is 9.98. The highest BCUT2D eigenvalue weighted by atomic mass is 16.5. The maximum Gasteiger partial charge on any atom is 0.0777 e. The molecule has 0 spiro atoms. The van der Waals surface area contributed by atoms with Crippen molar-refractivity contribution < 1.29 is 9.84 Å². The van der Waals surface area contributed by atoms with Crippen LogP contribution in [0.15, 0.2) is 60.7 Å². The highest BCUT2D eigenvalue weighted by Crippen LogP contribution is 2.39. The summed E-state index contributed by atoms with van der Waals surface area (Å²) in [5.41, 5.74) is 2.57. The first-order chi connectivity index (χ1) is 13.1. The number of rotatable bonds is 8. The van der Waals surface area contributed by atoms with E-state index < -0.39 is 0 Å². The van der Waals surface area contributed by atoms with Gasteiger partial charge in [-0.05, 0) is 56.8 Å². The van der Waals surface area contributed by atoms with Crippen molar-refractivity contribution in [2.45, 2.75) is 50.4 Å². The Labute approximate surface area is 164 Å². The molecule has 1 fully saturated rings. The van der Waals surface area contributed by atoms with Crippen LogP contribution in [-0.4, -0.2) is 42.9 Å². The fourth-order valence-corrected chi connectivity index (χ4v) is 4.33. The zero-order chi connectivity index (χ0) is 19.1. The van der Waals surface area contributed by atoms with E-state index in [0.717, 1.165) is 32.2 Å². The Morgan fingerprint density at radius 2 is 1.52 bits per heavy atom. The summed E-state index contributed by atoms with van der Waals surface area (Å²) in [6, 6.07) is 21.2. The minimum Gasteiger partial charge on any atom is -0.393 e. The van der Waals surface area contributed by atoms with Crippen molar-refractivity contribution in [2.24, 2.45) is 5.92 Å². The number of hydrogen-bond donors (Lipinski definition) is 1. The van der Waals surface area contributed by atoms with Gasteiger partial charge in [-0.15, -0.1) is 0 Å². The maximum atomic E-state index is 9.98. The van der Waals surface area contributed by atoms with Gasteiger partial charge < -0.3 is 14.7 Å². The molecule has 146 valence electrons. The van der Waals surface area contributed by atoms with E-state index in [1.807, 2.05) is 6.07 Å². The molecule has 0 aliphatic heterocycles. The molecular weight excluding hydrogens is 334 g/mol. The SMILES string of the molecule is CN(C)CC(OCc1ccccc1)C(c1ccccc1)C1CCC(O)CC1. The first-order valence-corrected chi connectivity index (χ1v) is 10.2. The third kappa shape index (κ3) is 5.90. The predicted octanol–water partition coefficient (Wildman–Crippen LogP) is 4.47. The second kappa shape index (κ2) is 10.0. The summed E-state index contributed by atoms with van der Waals surface area (Å²) in [6.07, 6.45) is 3.94. The molecule has 0 aromatic heterocycles. The average Bonchev–Trinajstić information content (AvgIpc) is 2.69. The Morgan fingerprint density at radius 1 is 0.926 bits per heavy atom. The summed E-state index contributed by atoms with van der Waals surface area (Å²) in [5.74, 6) is 0.904. The van der Waals surface area contributed by atoms with Crippen molar-refractivity contribution in [3.05, 3.63) is 71.8 Å². The van der Waals surface area contributed by atoms with Crippen LogP contribution in [0.5, 0.6) is 0 Å². The molecule has 2 aromatic rings. The Morgan fingerprint density at radius 3 is 2.11 bits per heavy atom. The molecule has 3 rings (SSSR count). The second-order valence-electron chi connectivity index (χ2n) is 8.10. The van der Waals surface area contributed by atoms with E-state index in [1.54, 1.807) is 0 Å². The lowest BCUT2D eigenvalue weighted by atomic mass is 9.73. The van der Waals surface area contributed by atoms with Crippen LogP contribution in [0, 0.1) is 5.92 Å². The Hall–Kier alpha value is -1.68. The molecule has 0 saturated heterocycles. The quantitative estimate of drug-likeness (QED) is 0.747. The summed E-state index contributed by atoms with van der Waals surface area (Å²) in [6.45, 7) is 1.53. The Bertz CT molecular complexity index is 651. The van der Waals surface area contributed by atoms with Crippen LogP contribution in [-0.2, 0) is 11.3 Å². The van der Waals surface area contributed by atoms with Gasteiger partial charge in [0, 0.05) is 12.5 Å². The molecule has 0 amide bonds. The molecule has 1 aliphatic carbocycles. The number of nitrogens with zero attached hydrogens (tertiary/aromatic N) is 1. The zero-order valence-corrected chi connectivity index (χ0v) is 16.6. The van der Waals surface area contributed by atoms with Gasteiger partial charge in [0.25, 0.3) is 0 Å². The van der Waals surface area contributed by atoms with Crippen molar-refractivity contribution in [2.75, 3.05) is 20.6 Å². The summed E-state index contributed by atoms with van der Waals surface area (Å²) < 4.78 is 6.53. The first kappa shape index (κ1) is 20.1. The van der Waals surface area contributed by atoms with Gasteiger partial charge in [-0.3, -0.25) is 0 Å². The molecular formula is C24H33NO2. The molecule has 1 N–H and O–H groups in total. The number of likely N-dealkylation sites (N-methyl/N-ethyl adjacent to an activating group) is 1. The van der Waals surface area contributed by atoms with Crippen LogP contribution < -0.4 is 0 Å². The van der Waals surface area contributed by atoms with Gasteiger partial charge in [0.15, 0.2) is 0 Å². The lowest BCUT2D eigenvalue weighted by Crippen LogP contribution is -2.38. The lowest BCUT2D eigenvalue weighted by Gasteiger charge is -2.38. The minimum atomic E-state index is -0.129. The van der Waals surface area contributed by atoms with Crippen LogP contribution in [0.3, 0.4) is 0 Å². The average molecular weight is 368 g/mol. The second-order valence-corrected chi connectivity index (χ2v) is 8.10. The monoisotopic (exact) mass is 367 g/mol. The predicted molar refractivity (Wildman–Crippen MR) is 111 cm³/mol. The molecule has 0 bridgehead atoms. The van der Waals surface area contributed by atoms with Gasteiger partial charge in [-0.1, -0.05) is 60.7 Å². The van der Waals surface area contributed by atoms with E-state index in [0.29, 0.717) is 18.4 Å². The van der Waals surface area contributed by atoms with Crippen molar-refractivity contribution in [3.63, 3.8) is 0 Å². The minimum absolute atomic E-state index is 0.128. The normalized spacial score (nSPS) is 22.5. The van der Waals surface area contributed by atoms with Gasteiger partial charge in [-0.2, -0.15) is 0 Å². The van der Waals surface area contributed by atoms with E-state index in [1.165, 1.54) is 11.1 Å². The molecule has 27 heavy (non-hydrogen) atoms. The van der Waals surface area contributed by atoms with Crippen molar-refractivity contribution in [1.82, 2.24) is 4.90 Å². The van der Waals surface area contributed by atoms with E-state index >= 15 is 0 Å². The van der Waals surface area contributed by atoms with E-state index in [-0.39, 0.29) is 12.2 Å². The van der Waals surface area contributed by atoms with Crippen LogP contribution >= 0.6 is 0 Å². The molecule has 3 nitrogen and oxygen atoms in total. The van der Waals surface area contributed by atoms with E-state index in [9.17, 15) is 5.11 Å². The number of aliphatic hydroxyl groups is 1. The third-order valence-electron chi connectivity index (χ3n) is 5.69. The molecule has 2 aromatic carbocycles. The van der Waals surface area contributed by atoms with Crippen molar-refractivity contribution in [3.8, 4) is 0 Å². The number of aliphatic hydroxyl groups excluding tert-OH is 1. The topological polar surface area (TPSA) is 32.7 Å². The van der Waals surface area contributed by atoms with E-state index in [4.69, 9.17) is 4.74 Å². The van der Waals surface area contributed by atoms with Crippen molar-refractivity contribution >= 4 is 0 Å². The molecule has 2 unspecified atom stereocenters. The smallest absolute Gasteiger partial charge is 0.0777 e. The van der Waals surface area contributed by atoms with Crippen molar-refractivity contribution in [1.29, 1.82) is 0 Å².